The average Bonchev–Trinajstić information content (AvgIpc) is 2.37. The minimum absolute atomic E-state index is 0.612. The summed E-state index contributed by atoms with van der Waals surface area (Å²) in [5, 5.41) is 4.23. The fourth-order valence-electron chi connectivity index (χ4n) is 3.10. The molecule has 0 aromatic carbocycles. The standard InChI is InChI=1S/C14H22IN3OSi/c1-14(20)8-11(9-14)16-12-6-10(15)7-13(17-12)18-2-4-19-5-3-18/h6-7,11H,2-5,8-9H2,1,20H3,(H,16,17)/t11-,14+. The van der Waals surface area contributed by atoms with Crippen LogP contribution in [0.15, 0.2) is 12.1 Å². The summed E-state index contributed by atoms with van der Waals surface area (Å²) in [5.74, 6) is 2.11. The Bertz CT molecular complexity index is 483. The van der Waals surface area contributed by atoms with Crippen LogP contribution in [0.25, 0.3) is 0 Å². The maximum atomic E-state index is 5.41. The fourth-order valence-corrected chi connectivity index (χ4v) is 4.66. The summed E-state index contributed by atoms with van der Waals surface area (Å²) in [7, 11) is 1.29. The minimum atomic E-state index is 0.612. The number of aromatic nitrogens is 1. The van der Waals surface area contributed by atoms with E-state index in [1.165, 1.54) is 26.7 Å². The highest BCUT2D eigenvalue weighted by atomic mass is 127. The molecule has 1 aromatic rings. The Morgan fingerprint density at radius 1 is 1.40 bits per heavy atom. The van der Waals surface area contributed by atoms with Crippen LogP contribution in [-0.2, 0) is 4.74 Å². The third-order valence-corrected chi connectivity index (χ3v) is 5.50. The normalized spacial score (nSPS) is 30.1. The average molecular weight is 403 g/mol. The van der Waals surface area contributed by atoms with Crippen molar-refractivity contribution in [3.8, 4) is 0 Å². The Balaban J connectivity index is 1.70. The van der Waals surface area contributed by atoms with Crippen molar-refractivity contribution in [1.82, 2.24) is 4.98 Å². The van der Waals surface area contributed by atoms with Crippen molar-refractivity contribution < 1.29 is 4.74 Å². The van der Waals surface area contributed by atoms with Gasteiger partial charge in [-0.1, -0.05) is 6.92 Å². The molecule has 1 aliphatic heterocycles. The Hall–Kier alpha value is -0.343. The van der Waals surface area contributed by atoms with E-state index < -0.39 is 0 Å². The Labute approximate surface area is 137 Å². The van der Waals surface area contributed by atoms with Crippen molar-refractivity contribution in [2.75, 3.05) is 36.5 Å². The topological polar surface area (TPSA) is 37.4 Å². The molecule has 2 fully saturated rings. The van der Waals surface area contributed by atoms with Crippen LogP contribution in [0.2, 0.25) is 5.04 Å². The Morgan fingerprint density at radius 2 is 2.10 bits per heavy atom. The molecule has 0 atom stereocenters. The molecule has 0 radical (unpaired) electrons. The SMILES string of the molecule is C[C@]1([SiH3])C[C@@H](Nc2cc(I)cc(N3CCOCC3)n2)C1. The van der Waals surface area contributed by atoms with Crippen LogP contribution in [0.5, 0.6) is 0 Å². The molecule has 6 heteroatoms. The molecule has 0 spiro atoms. The van der Waals surface area contributed by atoms with Gasteiger partial charge in [0.25, 0.3) is 0 Å². The smallest absolute Gasteiger partial charge is 0.132 e. The van der Waals surface area contributed by atoms with Gasteiger partial charge in [0.05, 0.1) is 13.2 Å². The van der Waals surface area contributed by atoms with Gasteiger partial charge >= 0.3 is 0 Å². The van der Waals surface area contributed by atoms with Crippen molar-refractivity contribution in [3.63, 3.8) is 0 Å². The van der Waals surface area contributed by atoms with Crippen molar-refractivity contribution in [2.24, 2.45) is 0 Å². The van der Waals surface area contributed by atoms with Gasteiger partial charge in [0, 0.05) is 32.9 Å². The number of rotatable bonds is 3. The molecule has 1 saturated carbocycles. The lowest BCUT2D eigenvalue weighted by molar-refractivity contribution is 0.122. The molecule has 1 N–H and O–H groups in total. The predicted octanol–water partition coefficient (Wildman–Crippen LogP) is 1.64. The van der Waals surface area contributed by atoms with E-state index in [1.807, 2.05) is 0 Å². The van der Waals surface area contributed by atoms with Gasteiger partial charge in [-0.05, 0) is 52.6 Å². The number of ether oxygens (including phenoxy) is 1. The number of morpholine rings is 1. The zero-order valence-electron chi connectivity index (χ0n) is 12.2. The van der Waals surface area contributed by atoms with Crippen LogP contribution >= 0.6 is 22.6 Å². The van der Waals surface area contributed by atoms with Crippen LogP contribution in [0.1, 0.15) is 19.8 Å². The highest BCUT2D eigenvalue weighted by Crippen LogP contribution is 2.45. The van der Waals surface area contributed by atoms with E-state index in [0.29, 0.717) is 11.1 Å². The highest BCUT2D eigenvalue weighted by molar-refractivity contribution is 14.1. The van der Waals surface area contributed by atoms with Gasteiger partial charge in [-0.25, -0.2) is 4.98 Å². The van der Waals surface area contributed by atoms with Gasteiger partial charge in [-0.3, -0.25) is 0 Å². The van der Waals surface area contributed by atoms with Gasteiger partial charge in [0.1, 0.15) is 11.6 Å². The summed E-state index contributed by atoms with van der Waals surface area (Å²) >= 11 is 2.38. The molecular formula is C14H22IN3OSi. The number of hydrogen-bond acceptors (Lipinski definition) is 4. The van der Waals surface area contributed by atoms with Gasteiger partial charge in [0.15, 0.2) is 0 Å². The second-order valence-corrected chi connectivity index (χ2v) is 10.2. The molecule has 1 aromatic heterocycles. The maximum Gasteiger partial charge on any atom is 0.132 e. The first-order chi connectivity index (χ1) is 9.52. The van der Waals surface area contributed by atoms with Crippen LogP contribution < -0.4 is 10.2 Å². The molecule has 2 heterocycles. The number of hydrogen-bond donors (Lipinski definition) is 1. The fraction of sp³-hybridized carbons (Fsp3) is 0.643. The Morgan fingerprint density at radius 3 is 2.75 bits per heavy atom. The van der Waals surface area contributed by atoms with E-state index >= 15 is 0 Å². The molecule has 110 valence electrons. The van der Waals surface area contributed by atoms with E-state index in [1.54, 1.807) is 0 Å². The minimum Gasteiger partial charge on any atom is -0.378 e. The summed E-state index contributed by atoms with van der Waals surface area (Å²) in [6.45, 7) is 5.87. The maximum absolute atomic E-state index is 5.41. The first-order valence-corrected chi connectivity index (χ1v) is 9.37. The van der Waals surface area contributed by atoms with E-state index in [-0.39, 0.29) is 0 Å². The summed E-state index contributed by atoms with van der Waals surface area (Å²) in [6, 6.07) is 4.92. The molecule has 3 rings (SSSR count). The zero-order chi connectivity index (χ0) is 14.2. The first kappa shape index (κ1) is 14.6. The van der Waals surface area contributed by atoms with Gasteiger partial charge in [-0.2, -0.15) is 0 Å². The van der Waals surface area contributed by atoms with Crippen LogP contribution in [0.3, 0.4) is 0 Å². The second-order valence-electron chi connectivity index (χ2n) is 6.54. The lowest BCUT2D eigenvalue weighted by Crippen LogP contribution is -2.39. The monoisotopic (exact) mass is 403 g/mol. The van der Waals surface area contributed by atoms with Gasteiger partial charge < -0.3 is 15.0 Å². The molecule has 20 heavy (non-hydrogen) atoms. The van der Waals surface area contributed by atoms with Crippen molar-refractivity contribution in [3.05, 3.63) is 15.7 Å². The molecule has 0 bridgehead atoms. The lowest BCUT2D eigenvalue weighted by atomic mass is 9.80. The third-order valence-electron chi connectivity index (χ3n) is 4.06. The Kier molecular flexibility index (Phi) is 4.23. The van der Waals surface area contributed by atoms with Gasteiger partial charge in [-0.15, -0.1) is 0 Å². The van der Waals surface area contributed by atoms with Crippen molar-refractivity contribution >= 4 is 44.5 Å². The molecule has 4 nitrogen and oxygen atoms in total. The summed E-state index contributed by atoms with van der Waals surface area (Å²) in [4.78, 5) is 7.11. The predicted molar refractivity (Wildman–Crippen MR) is 94.9 cm³/mol. The van der Waals surface area contributed by atoms with Crippen LogP contribution in [0.4, 0.5) is 11.6 Å². The first-order valence-electron chi connectivity index (χ1n) is 7.29. The van der Waals surface area contributed by atoms with Crippen LogP contribution in [0, 0.1) is 3.57 Å². The van der Waals surface area contributed by atoms with E-state index in [9.17, 15) is 0 Å². The molecule has 0 unspecified atom stereocenters. The number of nitrogens with one attached hydrogen (secondary N) is 1. The summed E-state index contributed by atoms with van der Waals surface area (Å²) in [6.07, 6.45) is 2.58. The lowest BCUT2D eigenvalue weighted by Gasteiger charge is -2.43. The van der Waals surface area contributed by atoms with Crippen molar-refractivity contribution in [2.45, 2.75) is 30.8 Å². The van der Waals surface area contributed by atoms with Crippen molar-refractivity contribution in [1.29, 1.82) is 0 Å². The van der Waals surface area contributed by atoms with E-state index in [4.69, 9.17) is 9.72 Å². The van der Waals surface area contributed by atoms with Crippen LogP contribution in [-0.4, -0.2) is 47.6 Å². The molecule has 0 amide bonds. The third kappa shape index (κ3) is 3.45. The summed E-state index contributed by atoms with van der Waals surface area (Å²) in [5.41, 5.74) is 0. The largest absolute Gasteiger partial charge is 0.378 e. The number of nitrogens with zero attached hydrogens (tertiary/aromatic N) is 2. The summed E-state index contributed by atoms with van der Waals surface area (Å²) < 4.78 is 6.66. The molecule has 1 saturated heterocycles. The second kappa shape index (κ2) is 5.80. The molecule has 1 aliphatic carbocycles. The zero-order valence-corrected chi connectivity index (χ0v) is 16.3. The highest BCUT2D eigenvalue weighted by Gasteiger charge is 2.36. The van der Waals surface area contributed by atoms with Gasteiger partial charge in [0.2, 0.25) is 0 Å². The number of anilines is 2. The number of pyridine rings is 1. The quantitative estimate of drug-likeness (QED) is 0.615. The number of halogens is 1. The molecular weight excluding hydrogens is 381 g/mol. The molecule has 2 aliphatic rings. The van der Waals surface area contributed by atoms with E-state index in [0.717, 1.165) is 37.9 Å². The van der Waals surface area contributed by atoms with E-state index in [2.05, 4.69) is 51.9 Å².